The first-order valence-electron chi connectivity index (χ1n) is 11.1. The van der Waals surface area contributed by atoms with Crippen LogP contribution in [0.25, 0.3) is 0 Å². The van der Waals surface area contributed by atoms with Crippen LogP contribution in [-0.4, -0.2) is 55.8 Å². The molecular weight excluding hydrogens is 414 g/mol. The number of benzene rings is 1. The summed E-state index contributed by atoms with van der Waals surface area (Å²) in [6, 6.07) is 9.94. The van der Waals surface area contributed by atoms with E-state index in [4.69, 9.17) is 4.42 Å². The molecule has 1 aromatic heterocycles. The molecule has 1 saturated heterocycles. The molecule has 2 unspecified atom stereocenters. The van der Waals surface area contributed by atoms with Gasteiger partial charge in [-0.2, -0.15) is 4.31 Å². The molecule has 1 aromatic carbocycles. The van der Waals surface area contributed by atoms with Gasteiger partial charge in [-0.3, -0.25) is 9.69 Å². The summed E-state index contributed by atoms with van der Waals surface area (Å²) in [6.07, 6.45) is 4.39. The molecule has 0 bridgehead atoms. The minimum atomic E-state index is -3.63. The number of carbonyl (C=O) groups is 1. The highest BCUT2D eigenvalue weighted by atomic mass is 32.2. The Balaban J connectivity index is 1.75. The van der Waals surface area contributed by atoms with Crippen molar-refractivity contribution in [3.8, 4) is 0 Å². The number of amides is 1. The second-order valence-electron chi connectivity index (χ2n) is 7.95. The minimum absolute atomic E-state index is 0.0284. The lowest BCUT2D eigenvalue weighted by Gasteiger charge is -2.32. The molecule has 31 heavy (non-hydrogen) atoms. The lowest BCUT2D eigenvalue weighted by Crippen LogP contribution is -2.42. The number of nitrogens with zero attached hydrogens (tertiary/aromatic N) is 2. The van der Waals surface area contributed by atoms with E-state index in [0.717, 1.165) is 38.1 Å². The van der Waals surface area contributed by atoms with Crippen molar-refractivity contribution in [2.24, 2.45) is 0 Å². The van der Waals surface area contributed by atoms with Crippen LogP contribution < -0.4 is 5.32 Å². The first-order chi connectivity index (χ1) is 14.9. The van der Waals surface area contributed by atoms with Crippen molar-refractivity contribution in [2.75, 3.05) is 26.2 Å². The lowest BCUT2D eigenvalue weighted by molar-refractivity contribution is 0.0929. The second kappa shape index (κ2) is 10.4. The average Bonchev–Trinajstić information content (AvgIpc) is 3.31. The fourth-order valence-corrected chi connectivity index (χ4v) is 5.95. The Morgan fingerprint density at radius 3 is 2.65 bits per heavy atom. The summed E-state index contributed by atoms with van der Waals surface area (Å²) in [5.41, 5.74) is 0.337. The average molecular weight is 448 g/mol. The van der Waals surface area contributed by atoms with E-state index >= 15 is 0 Å². The monoisotopic (exact) mass is 447 g/mol. The van der Waals surface area contributed by atoms with E-state index in [-0.39, 0.29) is 22.9 Å². The van der Waals surface area contributed by atoms with Gasteiger partial charge in [-0.25, -0.2) is 8.42 Å². The maximum absolute atomic E-state index is 13.1. The molecule has 0 saturated carbocycles. The molecule has 2 aromatic rings. The maximum atomic E-state index is 13.1. The van der Waals surface area contributed by atoms with Gasteiger partial charge < -0.3 is 9.73 Å². The third kappa shape index (κ3) is 5.37. The largest absolute Gasteiger partial charge is 0.468 e. The summed E-state index contributed by atoms with van der Waals surface area (Å²) in [4.78, 5) is 15.2. The molecule has 0 spiro atoms. The van der Waals surface area contributed by atoms with E-state index < -0.39 is 10.0 Å². The Morgan fingerprint density at radius 2 is 2.00 bits per heavy atom. The highest BCUT2D eigenvalue weighted by Gasteiger charge is 2.31. The standard InChI is InChI=1S/C23H33N3O4S/c1-4-25(5-2)21(22-13-9-15-30-22)17-24-23(27)19-11-8-12-20(16-19)31(28,29)26-14-7-6-10-18(26)3/h8-9,11-13,15-16,18,21H,4-7,10,14,17H2,1-3H3,(H,24,27). The maximum Gasteiger partial charge on any atom is 0.251 e. The molecule has 8 heteroatoms. The molecular formula is C23H33N3O4S. The predicted molar refractivity (Wildman–Crippen MR) is 120 cm³/mol. The Bertz CT molecular complexity index is 955. The summed E-state index contributed by atoms with van der Waals surface area (Å²) in [5, 5.41) is 2.95. The summed E-state index contributed by atoms with van der Waals surface area (Å²) >= 11 is 0. The number of furan rings is 1. The molecule has 1 aliphatic heterocycles. The van der Waals surface area contributed by atoms with Crippen molar-refractivity contribution in [1.29, 1.82) is 0 Å². The topological polar surface area (TPSA) is 82.9 Å². The Morgan fingerprint density at radius 1 is 1.23 bits per heavy atom. The van der Waals surface area contributed by atoms with Crippen LogP contribution in [0.2, 0.25) is 0 Å². The first kappa shape index (κ1) is 23.5. The molecule has 1 aliphatic rings. The van der Waals surface area contributed by atoms with Gasteiger partial charge in [-0.05, 0) is 63.2 Å². The molecule has 2 heterocycles. The van der Waals surface area contributed by atoms with Crippen molar-refractivity contribution in [3.63, 3.8) is 0 Å². The van der Waals surface area contributed by atoms with Crippen molar-refractivity contribution >= 4 is 15.9 Å². The Hall–Kier alpha value is -2.16. The zero-order valence-corrected chi connectivity index (χ0v) is 19.4. The van der Waals surface area contributed by atoms with E-state index in [0.29, 0.717) is 18.7 Å². The molecule has 1 amide bonds. The van der Waals surface area contributed by atoms with Crippen LogP contribution in [0.4, 0.5) is 0 Å². The van der Waals surface area contributed by atoms with Crippen LogP contribution in [-0.2, 0) is 10.0 Å². The van der Waals surface area contributed by atoms with Crippen LogP contribution in [0, 0.1) is 0 Å². The van der Waals surface area contributed by atoms with Crippen LogP contribution >= 0.6 is 0 Å². The highest BCUT2D eigenvalue weighted by Crippen LogP contribution is 2.26. The number of nitrogens with one attached hydrogen (secondary N) is 1. The number of likely N-dealkylation sites (N-methyl/N-ethyl adjacent to an activating group) is 1. The van der Waals surface area contributed by atoms with Crippen LogP contribution in [0.3, 0.4) is 0 Å². The normalized spacial score (nSPS) is 18.8. The highest BCUT2D eigenvalue weighted by molar-refractivity contribution is 7.89. The molecule has 0 aliphatic carbocycles. The third-order valence-electron chi connectivity index (χ3n) is 6.03. The molecule has 1 fully saturated rings. The summed E-state index contributed by atoms with van der Waals surface area (Å²) in [7, 11) is -3.63. The lowest BCUT2D eigenvalue weighted by atomic mass is 10.1. The number of carbonyl (C=O) groups excluding carboxylic acids is 1. The Kier molecular flexibility index (Phi) is 7.91. The van der Waals surface area contributed by atoms with Crippen LogP contribution in [0.15, 0.2) is 52.0 Å². The van der Waals surface area contributed by atoms with Crippen molar-refractivity contribution in [1.82, 2.24) is 14.5 Å². The van der Waals surface area contributed by atoms with Crippen LogP contribution in [0.5, 0.6) is 0 Å². The minimum Gasteiger partial charge on any atom is -0.468 e. The van der Waals surface area contributed by atoms with E-state index in [1.165, 1.54) is 6.07 Å². The number of sulfonamides is 1. The molecule has 7 nitrogen and oxygen atoms in total. The van der Waals surface area contributed by atoms with Gasteiger partial charge >= 0.3 is 0 Å². The third-order valence-corrected chi connectivity index (χ3v) is 8.04. The molecule has 1 N–H and O–H groups in total. The Labute approximate surface area is 185 Å². The first-order valence-corrected chi connectivity index (χ1v) is 12.5. The smallest absolute Gasteiger partial charge is 0.251 e. The number of piperidine rings is 1. The SMILES string of the molecule is CCN(CC)C(CNC(=O)c1cccc(S(=O)(=O)N2CCCCC2C)c1)c1ccco1. The quantitative estimate of drug-likeness (QED) is 0.634. The zero-order chi connectivity index (χ0) is 22.4. The van der Waals surface area contributed by atoms with E-state index in [1.54, 1.807) is 28.8 Å². The van der Waals surface area contributed by atoms with Gasteiger partial charge in [-0.15, -0.1) is 0 Å². The van der Waals surface area contributed by atoms with Crippen molar-refractivity contribution in [3.05, 3.63) is 54.0 Å². The van der Waals surface area contributed by atoms with Gasteiger partial charge in [0.05, 0.1) is 17.2 Å². The summed E-state index contributed by atoms with van der Waals surface area (Å²) in [5.74, 6) is 0.492. The fraction of sp³-hybridized carbons (Fsp3) is 0.522. The van der Waals surface area contributed by atoms with Gasteiger partial charge in [0.2, 0.25) is 10.0 Å². The number of rotatable bonds is 9. The predicted octanol–water partition coefficient (Wildman–Crippen LogP) is 3.66. The molecule has 2 atom stereocenters. The second-order valence-corrected chi connectivity index (χ2v) is 9.84. The summed E-state index contributed by atoms with van der Waals surface area (Å²) in [6.45, 7) is 8.60. The fourth-order valence-electron chi connectivity index (χ4n) is 4.21. The number of hydrogen-bond acceptors (Lipinski definition) is 5. The van der Waals surface area contributed by atoms with E-state index in [2.05, 4.69) is 24.1 Å². The van der Waals surface area contributed by atoms with Gasteiger partial charge in [0.25, 0.3) is 5.91 Å². The molecule has 3 rings (SSSR count). The van der Waals surface area contributed by atoms with Crippen molar-refractivity contribution in [2.45, 2.75) is 57.0 Å². The summed E-state index contributed by atoms with van der Waals surface area (Å²) < 4.78 is 33.4. The molecule has 0 radical (unpaired) electrons. The van der Waals surface area contributed by atoms with Gasteiger partial charge in [-0.1, -0.05) is 26.3 Å². The van der Waals surface area contributed by atoms with Crippen molar-refractivity contribution < 1.29 is 17.6 Å². The molecule has 170 valence electrons. The van der Waals surface area contributed by atoms with Gasteiger partial charge in [0.15, 0.2) is 0 Å². The van der Waals surface area contributed by atoms with E-state index in [9.17, 15) is 13.2 Å². The van der Waals surface area contributed by atoms with Gasteiger partial charge in [0, 0.05) is 24.7 Å². The van der Waals surface area contributed by atoms with Gasteiger partial charge in [0.1, 0.15) is 5.76 Å². The van der Waals surface area contributed by atoms with Crippen LogP contribution in [0.1, 0.15) is 62.2 Å². The zero-order valence-electron chi connectivity index (χ0n) is 18.6. The van der Waals surface area contributed by atoms with E-state index in [1.807, 2.05) is 19.1 Å². The number of hydrogen-bond donors (Lipinski definition) is 1.